The minimum atomic E-state index is -4.55. The monoisotopic (exact) mass is 357 g/mol. The molecule has 126 valence electrons. The molecule has 0 aliphatic carbocycles. The summed E-state index contributed by atoms with van der Waals surface area (Å²) in [6, 6.07) is 0.761. The van der Waals surface area contributed by atoms with Crippen LogP contribution in [-0.2, 0) is 12.6 Å². The lowest BCUT2D eigenvalue weighted by Gasteiger charge is -2.09. The second-order valence-electron chi connectivity index (χ2n) is 5.08. The number of halogens is 4. The molecule has 0 aliphatic heterocycles. The highest BCUT2D eigenvalue weighted by Gasteiger charge is 2.32. The van der Waals surface area contributed by atoms with Crippen molar-refractivity contribution in [2.45, 2.75) is 25.9 Å². The first kappa shape index (κ1) is 16.4. The van der Waals surface area contributed by atoms with Crippen molar-refractivity contribution >= 4 is 22.6 Å². The molecular formula is C14H11ClF3N5O. The molecule has 3 aromatic heterocycles. The van der Waals surface area contributed by atoms with Crippen molar-refractivity contribution in [3.8, 4) is 5.82 Å². The van der Waals surface area contributed by atoms with Crippen LogP contribution in [0.4, 0.5) is 13.2 Å². The number of fused-ring (bicyclic) bond motifs is 1. The van der Waals surface area contributed by atoms with Gasteiger partial charge < -0.3 is 4.98 Å². The maximum atomic E-state index is 12.7. The normalized spacial score (nSPS) is 12.0. The van der Waals surface area contributed by atoms with Gasteiger partial charge in [0.25, 0.3) is 5.56 Å². The molecule has 3 heterocycles. The van der Waals surface area contributed by atoms with Gasteiger partial charge in [-0.15, -0.1) is 0 Å². The Morgan fingerprint density at radius 1 is 1.33 bits per heavy atom. The van der Waals surface area contributed by atoms with Gasteiger partial charge in [-0.3, -0.25) is 4.79 Å². The Morgan fingerprint density at radius 2 is 2.08 bits per heavy atom. The number of aromatic amines is 1. The van der Waals surface area contributed by atoms with Crippen LogP contribution in [0.2, 0.25) is 5.02 Å². The molecule has 0 atom stereocenters. The summed E-state index contributed by atoms with van der Waals surface area (Å²) in [5.41, 5.74) is -1.15. The summed E-state index contributed by atoms with van der Waals surface area (Å²) >= 11 is 5.93. The van der Waals surface area contributed by atoms with E-state index in [1.807, 2.05) is 6.92 Å². The van der Waals surface area contributed by atoms with Crippen molar-refractivity contribution < 1.29 is 13.2 Å². The van der Waals surface area contributed by atoms with Gasteiger partial charge in [0.2, 0.25) is 0 Å². The average molecular weight is 358 g/mol. The molecule has 1 N–H and O–H groups in total. The summed E-state index contributed by atoms with van der Waals surface area (Å²) < 4.78 is 39.3. The van der Waals surface area contributed by atoms with E-state index in [4.69, 9.17) is 11.6 Å². The predicted molar refractivity (Wildman–Crippen MR) is 81.3 cm³/mol. The van der Waals surface area contributed by atoms with Gasteiger partial charge in [-0.2, -0.15) is 23.0 Å². The summed E-state index contributed by atoms with van der Waals surface area (Å²) in [4.78, 5) is 22.7. The topological polar surface area (TPSA) is 76.5 Å². The fourth-order valence-electron chi connectivity index (χ4n) is 2.22. The van der Waals surface area contributed by atoms with Gasteiger partial charge in [0, 0.05) is 12.6 Å². The number of rotatable bonds is 3. The standard InChI is InChI=1S/C14H11ClF3N5O/c1-2-3-10-21-11-8(13(24)22-10)6-20-23(11)12-9(15)4-7(5-19-12)14(16,17)18/h4-6H,2-3H2,1H3,(H,21,22,24). The highest BCUT2D eigenvalue weighted by atomic mass is 35.5. The number of hydrogen-bond acceptors (Lipinski definition) is 4. The van der Waals surface area contributed by atoms with E-state index in [9.17, 15) is 18.0 Å². The third kappa shape index (κ3) is 2.86. The zero-order chi connectivity index (χ0) is 17.5. The molecule has 0 bridgehead atoms. The number of aromatic nitrogens is 5. The van der Waals surface area contributed by atoms with Crippen LogP contribution in [-0.4, -0.2) is 24.7 Å². The number of aryl methyl sites for hydroxylation is 1. The Hall–Kier alpha value is -2.42. The summed E-state index contributed by atoms with van der Waals surface area (Å²) in [7, 11) is 0. The van der Waals surface area contributed by atoms with Crippen LogP contribution in [0.15, 0.2) is 23.3 Å². The van der Waals surface area contributed by atoms with Crippen LogP contribution in [0.1, 0.15) is 24.7 Å². The maximum absolute atomic E-state index is 12.7. The van der Waals surface area contributed by atoms with E-state index >= 15 is 0 Å². The Morgan fingerprint density at radius 3 is 2.71 bits per heavy atom. The van der Waals surface area contributed by atoms with Crippen LogP contribution in [0.25, 0.3) is 16.9 Å². The molecule has 0 spiro atoms. The van der Waals surface area contributed by atoms with Crippen molar-refractivity contribution in [1.82, 2.24) is 24.7 Å². The molecule has 0 saturated carbocycles. The predicted octanol–water partition coefficient (Wildman–Crippen LogP) is 3.13. The Balaban J connectivity index is 2.18. The number of H-pyrrole nitrogens is 1. The zero-order valence-corrected chi connectivity index (χ0v) is 13.1. The van der Waals surface area contributed by atoms with Crippen molar-refractivity contribution in [3.05, 3.63) is 45.2 Å². The molecule has 3 aromatic rings. The van der Waals surface area contributed by atoms with E-state index in [-0.39, 0.29) is 27.4 Å². The van der Waals surface area contributed by atoms with Crippen molar-refractivity contribution in [2.75, 3.05) is 0 Å². The largest absolute Gasteiger partial charge is 0.417 e. The molecule has 0 aromatic carbocycles. The Bertz CT molecular complexity index is 963. The van der Waals surface area contributed by atoms with Gasteiger partial charge in [-0.1, -0.05) is 18.5 Å². The highest BCUT2D eigenvalue weighted by molar-refractivity contribution is 6.32. The number of alkyl halides is 3. The Labute approximate surface area is 138 Å². The van der Waals surface area contributed by atoms with Crippen LogP contribution < -0.4 is 5.56 Å². The van der Waals surface area contributed by atoms with Gasteiger partial charge in [0.15, 0.2) is 11.5 Å². The summed E-state index contributed by atoms with van der Waals surface area (Å²) in [5.74, 6) is 0.431. The second kappa shape index (κ2) is 5.90. The van der Waals surface area contributed by atoms with Gasteiger partial charge >= 0.3 is 6.18 Å². The van der Waals surface area contributed by atoms with Crippen LogP contribution >= 0.6 is 11.6 Å². The molecule has 0 amide bonds. The third-order valence-corrected chi connectivity index (χ3v) is 3.60. The first-order chi connectivity index (χ1) is 11.3. The molecule has 0 radical (unpaired) electrons. The van der Waals surface area contributed by atoms with Crippen molar-refractivity contribution in [3.63, 3.8) is 0 Å². The molecule has 0 aliphatic rings. The molecule has 0 saturated heterocycles. The summed E-state index contributed by atoms with van der Waals surface area (Å²) in [5, 5.41) is 3.95. The molecule has 6 nitrogen and oxygen atoms in total. The lowest BCUT2D eigenvalue weighted by Crippen LogP contribution is -2.13. The fraction of sp³-hybridized carbons (Fsp3) is 0.286. The van der Waals surface area contributed by atoms with Gasteiger partial charge in [0.05, 0.1) is 16.8 Å². The quantitative estimate of drug-likeness (QED) is 0.781. The minimum absolute atomic E-state index is 0.0276. The minimum Gasteiger partial charge on any atom is -0.310 e. The van der Waals surface area contributed by atoms with Gasteiger partial charge in [-0.25, -0.2) is 9.97 Å². The number of nitrogens with zero attached hydrogens (tertiary/aromatic N) is 4. The second-order valence-corrected chi connectivity index (χ2v) is 5.49. The Kier molecular flexibility index (Phi) is 4.04. The summed E-state index contributed by atoms with van der Waals surface area (Å²) in [6.07, 6.45) is -1.31. The van der Waals surface area contributed by atoms with Gasteiger partial charge in [0.1, 0.15) is 11.2 Å². The molecule has 3 rings (SSSR count). The maximum Gasteiger partial charge on any atom is 0.417 e. The van der Waals surface area contributed by atoms with Crippen LogP contribution in [0.5, 0.6) is 0 Å². The third-order valence-electron chi connectivity index (χ3n) is 3.32. The fourth-order valence-corrected chi connectivity index (χ4v) is 2.46. The number of pyridine rings is 1. The van der Waals surface area contributed by atoms with Crippen LogP contribution in [0, 0.1) is 0 Å². The van der Waals surface area contributed by atoms with E-state index in [1.54, 1.807) is 0 Å². The molecule has 24 heavy (non-hydrogen) atoms. The molecular weight excluding hydrogens is 347 g/mol. The van der Waals surface area contributed by atoms with Crippen molar-refractivity contribution in [2.24, 2.45) is 0 Å². The first-order valence-corrected chi connectivity index (χ1v) is 7.39. The summed E-state index contributed by atoms with van der Waals surface area (Å²) in [6.45, 7) is 1.93. The average Bonchev–Trinajstić information content (AvgIpc) is 2.91. The van der Waals surface area contributed by atoms with Gasteiger partial charge in [-0.05, 0) is 12.5 Å². The highest BCUT2D eigenvalue weighted by Crippen LogP contribution is 2.32. The lowest BCUT2D eigenvalue weighted by molar-refractivity contribution is -0.137. The van der Waals surface area contributed by atoms with E-state index in [2.05, 4.69) is 20.1 Å². The molecule has 0 fully saturated rings. The molecule has 10 heteroatoms. The van der Waals surface area contributed by atoms with E-state index in [1.165, 1.54) is 6.20 Å². The SMILES string of the molecule is CCCc1nc2c(cnn2-c2ncc(C(F)(F)F)cc2Cl)c(=O)[nH]1. The van der Waals surface area contributed by atoms with Crippen LogP contribution in [0.3, 0.4) is 0 Å². The number of hydrogen-bond donors (Lipinski definition) is 1. The van der Waals surface area contributed by atoms with E-state index in [0.717, 1.165) is 17.2 Å². The zero-order valence-electron chi connectivity index (χ0n) is 12.4. The first-order valence-electron chi connectivity index (χ1n) is 7.01. The van der Waals surface area contributed by atoms with E-state index < -0.39 is 11.7 Å². The lowest BCUT2D eigenvalue weighted by atomic mass is 10.3. The smallest absolute Gasteiger partial charge is 0.310 e. The van der Waals surface area contributed by atoms with E-state index in [0.29, 0.717) is 18.4 Å². The number of nitrogens with one attached hydrogen (secondary N) is 1. The molecule has 0 unspecified atom stereocenters. The van der Waals surface area contributed by atoms with Crippen molar-refractivity contribution in [1.29, 1.82) is 0 Å².